The molecule has 5 atom stereocenters. The van der Waals surface area contributed by atoms with E-state index in [0.29, 0.717) is 32.1 Å². The fourth-order valence-electron chi connectivity index (χ4n) is 10.4. The van der Waals surface area contributed by atoms with Gasteiger partial charge in [0, 0.05) is 25.7 Å². The van der Waals surface area contributed by atoms with Crippen LogP contribution in [-0.2, 0) is 65.4 Å². The monoisotopic (exact) mass is 1600 g/mol. The molecule has 0 aromatic carbocycles. The number of phosphoric acid groups is 2. The first kappa shape index (κ1) is 106. The summed E-state index contributed by atoms with van der Waals surface area (Å²) in [6.45, 7) is 4.34. The molecule has 0 saturated carbocycles. The predicted octanol–water partition coefficient (Wildman–Crippen LogP) is 25.4. The molecule has 0 fully saturated rings. The molecule has 0 aliphatic heterocycles. The van der Waals surface area contributed by atoms with E-state index in [9.17, 15) is 43.2 Å². The molecule has 2 unspecified atom stereocenters. The molecule has 0 saturated heterocycles. The van der Waals surface area contributed by atoms with Crippen molar-refractivity contribution in [2.45, 2.75) is 316 Å². The molecule has 0 radical (unpaired) electrons. The standard InChI is InChI=1S/C93H148O17P2/c1-5-9-13-17-21-25-29-33-37-40-43-46-50-54-58-62-66-70-74-78-91(96)104-84-89(110-93(98)80-76-72-68-64-60-56-52-48-45-42-39-35-31-27-23-19-15-11-7-3)86-108-112(101,102)106-82-87(94)81-105-111(99,100)107-85-88(83-103-90(95)77-73-69-65-61-57-53-49-36-32-28-24-20-16-12-8-4)109-92(97)79-75-71-67-63-59-55-51-47-44-41-38-34-30-26-22-18-14-10-6-2/h9-11,13-15,21-23,25-28,32-35,37-39,43-48,54-56,58-60,66,70,87-89,94H,5-8,12,16-20,24,29-31,36,40-42,49-53,57,61-65,67-69,71-86H2,1-4H3,(H,99,100)(H,101,102)/b13-9-,14-10-,15-11-,25-21-,26-22-,27-23-,32-28-,37-33-,38-34-,39-35-,46-43-,47-44-,48-45-,58-54-,59-55-,60-56-,70-66-/t87-,88+,89+/m0/s1. The Bertz CT molecular complexity index is 2940. The summed E-state index contributed by atoms with van der Waals surface area (Å²) in [5.74, 6) is -2.37. The minimum atomic E-state index is -5.02. The molecular weight excluding hydrogens is 1450 g/mol. The van der Waals surface area contributed by atoms with Crippen LogP contribution in [0.1, 0.15) is 297 Å². The second-order valence-corrected chi connectivity index (χ2v) is 30.2. The molecule has 0 amide bonds. The third-order valence-electron chi connectivity index (χ3n) is 16.7. The van der Waals surface area contributed by atoms with Gasteiger partial charge in [-0.05, 0) is 180 Å². The van der Waals surface area contributed by atoms with E-state index in [1.54, 1.807) is 0 Å². The summed E-state index contributed by atoms with van der Waals surface area (Å²) in [6.07, 6.45) is 104. The number of unbranched alkanes of at least 4 members (excludes halogenated alkanes) is 17. The SMILES string of the molecule is CC/C=C\C/C=C\C/C=C\C/C=C\C/C=C\C/C=C\CCC(=O)OC[C@H](COP(=O)(O)OC[C@@H](O)COP(=O)(O)OC[C@@H](COC(=O)CCCCCCCCC/C=C\CCCCCC)OC(=O)CCCCC/C=C\C/C=C\C/C=C\C/C=C\C/C=C\CC)OC(=O)CCCCC/C=C\C/C=C\C/C=C\C/C=C\C/C=C\CC. The third kappa shape index (κ3) is 81.6. The lowest BCUT2D eigenvalue weighted by molar-refractivity contribution is -0.161. The molecule has 632 valence electrons. The number of hydrogen-bond donors (Lipinski definition) is 3. The highest BCUT2D eigenvalue weighted by Gasteiger charge is 2.30. The Labute approximate surface area is 678 Å². The summed E-state index contributed by atoms with van der Waals surface area (Å²) in [6, 6.07) is 0. The molecule has 0 aliphatic carbocycles. The highest BCUT2D eigenvalue weighted by atomic mass is 31.2. The summed E-state index contributed by atoms with van der Waals surface area (Å²) in [5.41, 5.74) is 0. The quantitative estimate of drug-likeness (QED) is 0.0169. The normalized spacial score (nSPS) is 14.8. The van der Waals surface area contributed by atoms with E-state index in [1.165, 1.54) is 25.7 Å². The first-order valence-corrected chi connectivity index (χ1v) is 45.3. The minimum absolute atomic E-state index is 0.0191. The van der Waals surface area contributed by atoms with E-state index < -0.39 is 97.5 Å². The van der Waals surface area contributed by atoms with E-state index in [-0.39, 0.29) is 25.7 Å². The average Bonchev–Trinajstić information content (AvgIpc) is 0.908. The van der Waals surface area contributed by atoms with Crippen molar-refractivity contribution in [3.8, 4) is 0 Å². The van der Waals surface area contributed by atoms with Crippen molar-refractivity contribution in [3.63, 3.8) is 0 Å². The molecule has 17 nitrogen and oxygen atoms in total. The Morgan fingerprint density at radius 1 is 0.259 bits per heavy atom. The smallest absolute Gasteiger partial charge is 0.462 e. The van der Waals surface area contributed by atoms with Crippen LogP contribution < -0.4 is 0 Å². The average molecular weight is 1600 g/mol. The van der Waals surface area contributed by atoms with Crippen molar-refractivity contribution in [1.29, 1.82) is 0 Å². The van der Waals surface area contributed by atoms with E-state index in [4.69, 9.17) is 37.0 Å². The Hall–Kier alpha value is -6.36. The topological polar surface area (TPSA) is 237 Å². The zero-order valence-corrected chi connectivity index (χ0v) is 71.0. The van der Waals surface area contributed by atoms with Crippen LogP contribution in [0.2, 0.25) is 0 Å². The largest absolute Gasteiger partial charge is 0.472 e. The number of aliphatic hydroxyl groups is 1. The maximum absolute atomic E-state index is 13.1. The van der Waals surface area contributed by atoms with Crippen LogP contribution in [0.25, 0.3) is 0 Å². The number of carbonyl (C=O) groups is 4. The van der Waals surface area contributed by atoms with Gasteiger partial charge in [0.05, 0.1) is 26.4 Å². The maximum Gasteiger partial charge on any atom is 0.472 e. The molecule has 0 aliphatic rings. The molecule has 0 spiro atoms. The van der Waals surface area contributed by atoms with Gasteiger partial charge in [-0.2, -0.15) is 0 Å². The molecular formula is C93H148O17P2. The van der Waals surface area contributed by atoms with Gasteiger partial charge >= 0.3 is 39.5 Å². The second kappa shape index (κ2) is 82.6. The zero-order valence-electron chi connectivity index (χ0n) is 69.3. The minimum Gasteiger partial charge on any atom is -0.462 e. The van der Waals surface area contributed by atoms with Crippen molar-refractivity contribution in [2.75, 3.05) is 39.6 Å². The fourth-order valence-corrected chi connectivity index (χ4v) is 12.0. The lowest BCUT2D eigenvalue weighted by atomic mass is 10.1. The van der Waals surface area contributed by atoms with E-state index in [2.05, 4.69) is 216 Å². The molecule has 0 bridgehead atoms. The maximum atomic E-state index is 13.1. The Kier molecular flexibility index (Phi) is 77.9. The van der Waals surface area contributed by atoms with Gasteiger partial charge in [0.2, 0.25) is 0 Å². The Morgan fingerprint density at radius 3 is 0.786 bits per heavy atom. The van der Waals surface area contributed by atoms with Crippen LogP contribution in [0, 0.1) is 0 Å². The lowest BCUT2D eigenvalue weighted by Gasteiger charge is -2.21. The van der Waals surface area contributed by atoms with Crippen LogP contribution in [-0.4, -0.2) is 96.7 Å². The zero-order chi connectivity index (χ0) is 81.7. The molecule has 19 heteroatoms. The molecule has 0 aromatic heterocycles. The summed E-state index contributed by atoms with van der Waals surface area (Å²) < 4.78 is 68.7. The third-order valence-corrected chi connectivity index (χ3v) is 18.6. The molecule has 112 heavy (non-hydrogen) atoms. The van der Waals surface area contributed by atoms with Gasteiger partial charge in [-0.15, -0.1) is 0 Å². The van der Waals surface area contributed by atoms with Gasteiger partial charge in [-0.3, -0.25) is 37.3 Å². The van der Waals surface area contributed by atoms with Crippen LogP contribution in [0.3, 0.4) is 0 Å². The van der Waals surface area contributed by atoms with Gasteiger partial charge in [0.25, 0.3) is 0 Å². The molecule has 0 aromatic rings. The van der Waals surface area contributed by atoms with Gasteiger partial charge in [0.15, 0.2) is 12.2 Å². The summed E-state index contributed by atoms with van der Waals surface area (Å²) >= 11 is 0. The number of aliphatic hydroxyl groups excluding tert-OH is 1. The van der Waals surface area contributed by atoms with Crippen molar-refractivity contribution >= 4 is 39.5 Å². The molecule has 3 N–H and O–H groups in total. The number of carbonyl (C=O) groups excluding carboxylic acids is 4. The van der Waals surface area contributed by atoms with Gasteiger partial charge in [-0.1, -0.05) is 298 Å². The van der Waals surface area contributed by atoms with Crippen molar-refractivity contribution in [2.24, 2.45) is 0 Å². The van der Waals surface area contributed by atoms with Crippen LogP contribution >= 0.6 is 15.6 Å². The Morgan fingerprint density at radius 2 is 0.482 bits per heavy atom. The van der Waals surface area contributed by atoms with Crippen LogP contribution in [0.5, 0.6) is 0 Å². The summed E-state index contributed by atoms with van der Waals surface area (Å²) in [7, 11) is -10.0. The Balaban J connectivity index is 5.55. The number of allylic oxidation sites excluding steroid dienone is 34. The molecule has 0 heterocycles. The highest BCUT2D eigenvalue weighted by Crippen LogP contribution is 2.45. The van der Waals surface area contributed by atoms with Gasteiger partial charge in [0.1, 0.15) is 19.3 Å². The number of phosphoric ester groups is 2. The summed E-state index contributed by atoms with van der Waals surface area (Å²) in [5, 5.41) is 10.7. The van der Waals surface area contributed by atoms with Crippen LogP contribution in [0.4, 0.5) is 0 Å². The first-order valence-electron chi connectivity index (χ1n) is 42.3. The number of hydrogen-bond acceptors (Lipinski definition) is 15. The van der Waals surface area contributed by atoms with Crippen molar-refractivity contribution < 1.29 is 80.2 Å². The summed E-state index contributed by atoms with van der Waals surface area (Å²) in [4.78, 5) is 73.2. The predicted molar refractivity (Wildman–Crippen MR) is 463 cm³/mol. The highest BCUT2D eigenvalue weighted by molar-refractivity contribution is 7.47. The van der Waals surface area contributed by atoms with Gasteiger partial charge < -0.3 is 33.8 Å². The van der Waals surface area contributed by atoms with Crippen molar-refractivity contribution in [3.05, 3.63) is 207 Å². The fraction of sp³-hybridized carbons (Fsp3) is 0.591. The number of rotatable bonds is 77. The van der Waals surface area contributed by atoms with Gasteiger partial charge in [-0.25, -0.2) is 9.13 Å². The lowest BCUT2D eigenvalue weighted by Crippen LogP contribution is -2.30. The van der Waals surface area contributed by atoms with Crippen molar-refractivity contribution in [1.82, 2.24) is 0 Å². The number of esters is 4. The number of ether oxygens (including phenoxy) is 4. The van der Waals surface area contributed by atoms with E-state index in [1.807, 2.05) is 18.2 Å². The van der Waals surface area contributed by atoms with Crippen LogP contribution in [0.15, 0.2) is 207 Å². The molecule has 0 rings (SSSR count). The first-order chi connectivity index (χ1) is 54.7. The second-order valence-electron chi connectivity index (χ2n) is 27.3. The van der Waals surface area contributed by atoms with E-state index in [0.717, 1.165) is 186 Å². The van der Waals surface area contributed by atoms with E-state index >= 15 is 0 Å².